The molecule has 0 bridgehead atoms. The topological polar surface area (TPSA) is 63.4 Å². The fourth-order valence-electron chi connectivity index (χ4n) is 2.78. The van der Waals surface area contributed by atoms with Crippen molar-refractivity contribution in [3.05, 3.63) is 35.4 Å². The average Bonchev–Trinajstić information content (AvgIpc) is 2.64. The minimum absolute atomic E-state index is 0.102. The SMILES string of the molecule is CN(C)CCC[C@]1(C(N)=O)Cc2ccccc2C1=O. The molecule has 2 rings (SSSR count). The van der Waals surface area contributed by atoms with E-state index >= 15 is 0 Å². The monoisotopic (exact) mass is 260 g/mol. The van der Waals surface area contributed by atoms with Crippen molar-refractivity contribution in [2.75, 3.05) is 20.6 Å². The molecule has 19 heavy (non-hydrogen) atoms. The lowest BCUT2D eigenvalue weighted by Crippen LogP contribution is -2.42. The Morgan fingerprint density at radius 2 is 2.05 bits per heavy atom. The molecule has 1 aromatic carbocycles. The summed E-state index contributed by atoms with van der Waals surface area (Å²) in [6.07, 6.45) is 1.76. The number of nitrogens with two attached hydrogens (primary N) is 1. The van der Waals surface area contributed by atoms with Crippen LogP contribution in [0.4, 0.5) is 0 Å². The molecule has 4 nitrogen and oxygen atoms in total. The largest absolute Gasteiger partial charge is 0.369 e. The Kier molecular flexibility index (Phi) is 3.71. The highest BCUT2D eigenvalue weighted by Gasteiger charge is 2.49. The number of hydrogen-bond acceptors (Lipinski definition) is 3. The quantitative estimate of drug-likeness (QED) is 0.810. The molecule has 0 unspecified atom stereocenters. The van der Waals surface area contributed by atoms with E-state index in [0.717, 1.165) is 18.5 Å². The maximum atomic E-state index is 12.5. The highest BCUT2D eigenvalue weighted by atomic mass is 16.2. The molecule has 1 atom stereocenters. The number of primary amides is 1. The average molecular weight is 260 g/mol. The summed E-state index contributed by atoms with van der Waals surface area (Å²) in [6, 6.07) is 7.41. The first-order valence-corrected chi connectivity index (χ1v) is 6.55. The van der Waals surface area contributed by atoms with Gasteiger partial charge in [0.25, 0.3) is 0 Å². The van der Waals surface area contributed by atoms with Gasteiger partial charge in [-0.25, -0.2) is 0 Å². The van der Waals surface area contributed by atoms with Crippen LogP contribution in [-0.2, 0) is 11.2 Å². The van der Waals surface area contributed by atoms with E-state index in [1.54, 1.807) is 6.07 Å². The summed E-state index contributed by atoms with van der Waals surface area (Å²) in [7, 11) is 3.95. The number of fused-ring (bicyclic) bond motifs is 1. The second kappa shape index (κ2) is 5.13. The first-order valence-electron chi connectivity index (χ1n) is 6.55. The second-order valence-electron chi connectivity index (χ2n) is 5.52. The van der Waals surface area contributed by atoms with Gasteiger partial charge >= 0.3 is 0 Å². The molecule has 2 N–H and O–H groups in total. The van der Waals surface area contributed by atoms with Crippen LogP contribution in [-0.4, -0.2) is 37.2 Å². The molecule has 0 radical (unpaired) electrons. The number of ketones is 1. The van der Waals surface area contributed by atoms with E-state index in [4.69, 9.17) is 5.73 Å². The molecule has 0 saturated carbocycles. The second-order valence-corrected chi connectivity index (χ2v) is 5.52. The highest BCUT2D eigenvalue weighted by Crippen LogP contribution is 2.40. The van der Waals surface area contributed by atoms with Crippen molar-refractivity contribution < 1.29 is 9.59 Å². The summed E-state index contributed by atoms with van der Waals surface area (Å²) in [4.78, 5) is 26.4. The number of carbonyl (C=O) groups is 2. The summed E-state index contributed by atoms with van der Waals surface area (Å²) in [5.74, 6) is -0.596. The predicted octanol–water partition coefficient (Wildman–Crippen LogP) is 1.24. The van der Waals surface area contributed by atoms with E-state index in [1.807, 2.05) is 37.2 Å². The van der Waals surface area contributed by atoms with Crippen molar-refractivity contribution >= 4 is 11.7 Å². The van der Waals surface area contributed by atoms with E-state index in [2.05, 4.69) is 0 Å². The van der Waals surface area contributed by atoms with Gasteiger partial charge in [0.1, 0.15) is 5.41 Å². The smallest absolute Gasteiger partial charge is 0.231 e. The van der Waals surface area contributed by atoms with Gasteiger partial charge in [0.2, 0.25) is 5.91 Å². The van der Waals surface area contributed by atoms with Gasteiger partial charge in [0.05, 0.1) is 0 Å². The normalized spacial score (nSPS) is 21.7. The van der Waals surface area contributed by atoms with E-state index < -0.39 is 11.3 Å². The van der Waals surface area contributed by atoms with Crippen molar-refractivity contribution in [2.24, 2.45) is 11.1 Å². The van der Waals surface area contributed by atoms with Crippen LogP contribution in [0, 0.1) is 5.41 Å². The number of Topliss-reactive ketones (excluding diaryl/α,β-unsaturated/α-hetero) is 1. The molecule has 102 valence electrons. The number of nitrogens with zero attached hydrogens (tertiary/aromatic N) is 1. The van der Waals surface area contributed by atoms with E-state index in [0.29, 0.717) is 18.4 Å². The van der Waals surface area contributed by atoms with Gasteiger partial charge in [-0.15, -0.1) is 0 Å². The maximum Gasteiger partial charge on any atom is 0.231 e. The van der Waals surface area contributed by atoms with Crippen LogP contribution < -0.4 is 5.73 Å². The van der Waals surface area contributed by atoms with Gasteiger partial charge in [0, 0.05) is 5.56 Å². The van der Waals surface area contributed by atoms with Crippen LogP contribution in [0.3, 0.4) is 0 Å². The molecule has 0 aromatic heterocycles. The van der Waals surface area contributed by atoms with Gasteiger partial charge in [-0.3, -0.25) is 9.59 Å². The molecule has 0 saturated heterocycles. The zero-order valence-electron chi connectivity index (χ0n) is 11.5. The third-order valence-electron chi connectivity index (χ3n) is 3.87. The van der Waals surface area contributed by atoms with Gasteiger partial charge in [0.15, 0.2) is 5.78 Å². The Balaban J connectivity index is 2.24. The third kappa shape index (κ3) is 2.40. The van der Waals surface area contributed by atoms with Crippen LogP contribution in [0.5, 0.6) is 0 Å². The maximum absolute atomic E-state index is 12.5. The van der Waals surface area contributed by atoms with Crippen molar-refractivity contribution in [1.29, 1.82) is 0 Å². The Hall–Kier alpha value is -1.68. The number of carbonyl (C=O) groups excluding carboxylic acids is 2. The molecule has 1 amide bonds. The van der Waals surface area contributed by atoms with Crippen molar-refractivity contribution in [1.82, 2.24) is 4.90 Å². The number of hydrogen-bond donors (Lipinski definition) is 1. The Bertz CT molecular complexity index is 511. The molecule has 1 aliphatic carbocycles. The number of amides is 1. The van der Waals surface area contributed by atoms with Gasteiger partial charge in [-0.1, -0.05) is 24.3 Å². The van der Waals surface area contributed by atoms with E-state index in [1.165, 1.54) is 0 Å². The molecule has 0 heterocycles. The fraction of sp³-hybridized carbons (Fsp3) is 0.467. The van der Waals surface area contributed by atoms with Crippen LogP contribution in [0.15, 0.2) is 24.3 Å². The van der Waals surface area contributed by atoms with Gasteiger partial charge in [-0.2, -0.15) is 0 Å². The van der Waals surface area contributed by atoms with Crippen LogP contribution >= 0.6 is 0 Å². The Labute approximate surface area is 113 Å². The van der Waals surface area contributed by atoms with Crippen molar-refractivity contribution in [2.45, 2.75) is 19.3 Å². The zero-order chi connectivity index (χ0) is 14.0. The molecule has 0 spiro atoms. The number of rotatable bonds is 5. The Morgan fingerprint density at radius 3 is 2.63 bits per heavy atom. The van der Waals surface area contributed by atoms with Crippen molar-refractivity contribution in [3.63, 3.8) is 0 Å². The highest BCUT2D eigenvalue weighted by molar-refractivity contribution is 6.16. The molecule has 1 aliphatic rings. The molecular weight excluding hydrogens is 240 g/mol. The predicted molar refractivity (Wildman–Crippen MR) is 73.9 cm³/mol. The van der Waals surface area contributed by atoms with Gasteiger partial charge in [-0.05, 0) is 45.5 Å². The van der Waals surface area contributed by atoms with Crippen LogP contribution in [0.1, 0.15) is 28.8 Å². The lowest BCUT2D eigenvalue weighted by molar-refractivity contribution is -0.125. The Morgan fingerprint density at radius 1 is 1.37 bits per heavy atom. The van der Waals surface area contributed by atoms with E-state index in [9.17, 15) is 9.59 Å². The summed E-state index contributed by atoms with van der Waals surface area (Å²) in [5.41, 5.74) is 6.12. The molecule has 0 aliphatic heterocycles. The fourth-order valence-corrected chi connectivity index (χ4v) is 2.78. The van der Waals surface area contributed by atoms with Crippen LogP contribution in [0.25, 0.3) is 0 Å². The first kappa shape index (κ1) is 13.7. The lowest BCUT2D eigenvalue weighted by atomic mass is 9.78. The zero-order valence-corrected chi connectivity index (χ0v) is 11.5. The van der Waals surface area contributed by atoms with Crippen molar-refractivity contribution in [3.8, 4) is 0 Å². The summed E-state index contributed by atoms with van der Waals surface area (Å²) in [6.45, 7) is 0.846. The summed E-state index contributed by atoms with van der Waals surface area (Å²) >= 11 is 0. The minimum Gasteiger partial charge on any atom is -0.369 e. The third-order valence-corrected chi connectivity index (χ3v) is 3.87. The standard InChI is InChI=1S/C15H20N2O2/c1-17(2)9-5-8-15(14(16)19)10-11-6-3-4-7-12(11)13(15)18/h3-4,6-7H,5,8-10H2,1-2H3,(H2,16,19)/t15-/m0/s1. The summed E-state index contributed by atoms with van der Waals surface area (Å²) in [5, 5.41) is 0. The number of benzene rings is 1. The van der Waals surface area contributed by atoms with Crippen LogP contribution in [0.2, 0.25) is 0 Å². The summed E-state index contributed by atoms with van der Waals surface area (Å²) < 4.78 is 0. The lowest BCUT2D eigenvalue weighted by Gasteiger charge is -2.24. The molecular formula is C15H20N2O2. The molecule has 1 aromatic rings. The first-order chi connectivity index (χ1) is 8.97. The van der Waals surface area contributed by atoms with Gasteiger partial charge < -0.3 is 10.6 Å². The molecule has 0 fully saturated rings. The van der Waals surface area contributed by atoms with E-state index in [-0.39, 0.29) is 5.78 Å². The molecule has 4 heteroatoms. The minimum atomic E-state index is -1.03.